The maximum absolute atomic E-state index is 12.8. The molecule has 1 aromatic carbocycles. The van der Waals surface area contributed by atoms with Gasteiger partial charge in [0.25, 0.3) is 5.91 Å². The molecule has 1 aliphatic heterocycles. The van der Waals surface area contributed by atoms with Crippen LogP contribution in [0.2, 0.25) is 0 Å². The zero-order valence-corrected chi connectivity index (χ0v) is 17.5. The number of aryl methyl sites for hydroxylation is 1. The number of carbonyl (C=O) groups excluding carboxylic acids is 2. The molecule has 0 spiro atoms. The molecule has 8 nitrogen and oxygen atoms in total. The van der Waals surface area contributed by atoms with E-state index in [1.165, 1.54) is 11.3 Å². The van der Waals surface area contributed by atoms with Crippen LogP contribution in [0.15, 0.2) is 52.5 Å². The first-order chi connectivity index (χ1) is 14.6. The molecule has 4 rings (SSSR count). The Morgan fingerprint density at radius 3 is 2.60 bits per heavy atom. The Labute approximate surface area is 178 Å². The number of thiazole rings is 1. The summed E-state index contributed by atoms with van der Waals surface area (Å²) in [4.78, 5) is 33.4. The monoisotopic (exact) mass is 425 g/mol. The fourth-order valence-corrected chi connectivity index (χ4v) is 4.16. The third-order valence-electron chi connectivity index (χ3n) is 5.00. The molecule has 3 aromatic rings. The fraction of sp³-hybridized carbons (Fsp3) is 0.333. The number of amides is 2. The van der Waals surface area contributed by atoms with Gasteiger partial charge in [0.05, 0.1) is 12.2 Å². The van der Waals surface area contributed by atoms with E-state index in [4.69, 9.17) is 4.52 Å². The number of carbonyl (C=O) groups is 2. The molecule has 1 atom stereocenters. The highest BCUT2D eigenvalue weighted by Crippen LogP contribution is 2.23. The third-order valence-corrected chi connectivity index (χ3v) is 5.84. The second-order valence-corrected chi connectivity index (χ2v) is 8.11. The summed E-state index contributed by atoms with van der Waals surface area (Å²) in [6, 6.07) is 11.2. The minimum absolute atomic E-state index is 0.0651. The number of nitrogens with zero attached hydrogens (tertiary/aromatic N) is 4. The molecule has 1 saturated heterocycles. The number of nitrogens with one attached hydrogen (secondary N) is 1. The summed E-state index contributed by atoms with van der Waals surface area (Å²) in [5.41, 5.74) is 1.68. The van der Waals surface area contributed by atoms with Crippen LogP contribution in [0.4, 0.5) is 0 Å². The first kappa shape index (κ1) is 20.2. The molecule has 1 N–H and O–H groups in total. The van der Waals surface area contributed by atoms with Crippen LogP contribution in [0.1, 0.15) is 32.9 Å². The molecule has 30 heavy (non-hydrogen) atoms. The molecule has 3 heterocycles. The van der Waals surface area contributed by atoms with E-state index in [0.717, 1.165) is 10.6 Å². The van der Waals surface area contributed by atoms with Gasteiger partial charge in [0, 0.05) is 43.8 Å². The number of aromatic nitrogens is 2. The van der Waals surface area contributed by atoms with Gasteiger partial charge >= 0.3 is 0 Å². The normalized spacial score (nSPS) is 15.7. The standard InChI is InChI=1S/C21H23N5O3S/c1-15-13-17(29-24-15)21(28)26-10-8-25(9-11-26)14-18(27)23-19(20-22-7-12-30-20)16-5-3-2-4-6-16/h2-7,12-13,19H,8-11,14H2,1H3,(H,23,27). The predicted octanol–water partition coefficient (Wildman–Crippen LogP) is 2.10. The minimum Gasteiger partial charge on any atom is -0.351 e. The molecule has 0 bridgehead atoms. The van der Waals surface area contributed by atoms with Crippen LogP contribution in [-0.2, 0) is 4.79 Å². The second kappa shape index (κ2) is 9.19. The highest BCUT2D eigenvalue weighted by Gasteiger charge is 2.26. The van der Waals surface area contributed by atoms with Gasteiger partial charge in [-0.2, -0.15) is 0 Å². The SMILES string of the molecule is Cc1cc(C(=O)N2CCN(CC(=O)NC(c3ccccc3)c3nccs3)CC2)on1. The molecule has 2 aromatic heterocycles. The first-order valence-electron chi connectivity index (χ1n) is 9.79. The van der Waals surface area contributed by atoms with Crippen molar-refractivity contribution in [3.63, 3.8) is 0 Å². The molecule has 9 heteroatoms. The number of hydrogen-bond acceptors (Lipinski definition) is 7. The van der Waals surface area contributed by atoms with Gasteiger partial charge < -0.3 is 14.7 Å². The van der Waals surface area contributed by atoms with E-state index in [1.807, 2.05) is 35.7 Å². The molecule has 0 radical (unpaired) electrons. The van der Waals surface area contributed by atoms with Crippen LogP contribution >= 0.6 is 11.3 Å². The largest absolute Gasteiger partial charge is 0.351 e. The van der Waals surface area contributed by atoms with Crippen molar-refractivity contribution in [1.82, 2.24) is 25.3 Å². The van der Waals surface area contributed by atoms with E-state index in [1.54, 1.807) is 24.1 Å². The zero-order valence-electron chi connectivity index (χ0n) is 16.7. The summed E-state index contributed by atoms with van der Waals surface area (Å²) in [6.45, 7) is 4.39. The molecule has 1 unspecified atom stereocenters. The second-order valence-electron chi connectivity index (χ2n) is 7.18. The molecule has 156 valence electrons. The average Bonchev–Trinajstić information content (AvgIpc) is 3.45. The lowest BCUT2D eigenvalue weighted by Crippen LogP contribution is -2.51. The van der Waals surface area contributed by atoms with Gasteiger partial charge in [0.1, 0.15) is 11.0 Å². The molecule has 0 aliphatic carbocycles. The number of piperazine rings is 1. The van der Waals surface area contributed by atoms with Crippen LogP contribution in [-0.4, -0.2) is 64.5 Å². The molecule has 0 saturated carbocycles. The van der Waals surface area contributed by atoms with E-state index in [9.17, 15) is 9.59 Å². The van der Waals surface area contributed by atoms with Crippen molar-refractivity contribution in [2.45, 2.75) is 13.0 Å². The zero-order chi connectivity index (χ0) is 20.9. The Kier molecular flexibility index (Phi) is 6.20. The van der Waals surface area contributed by atoms with Gasteiger partial charge in [-0.1, -0.05) is 35.5 Å². The van der Waals surface area contributed by atoms with Crippen molar-refractivity contribution in [1.29, 1.82) is 0 Å². The number of hydrogen-bond donors (Lipinski definition) is 1. The van der Waals surface area contributed by atoms with Crippen molar-refractivity contribution in [2.75, 3.05) is 32.7 Å². The average molecular weight is 426 g/mol. The number of rotatable bonds is 6. The quantitative estimate of drug-likeness (QED) is 0.650. The lowest BCUT2D eigenvalue weighted by molar-refractivity contribution is -0.123. The summed E-state index contributed by atoms with van der Waals surface area (Å²) in [6.07, 6.45) is 1.74. The molecule has 1 fully saturated rings. The smallest absolute Gasteiger partial charge is 0.292 e. The van der Waals surface area contributed by atoms with Crippen LogP contribution in [0, 0.1) is 6.92 Å². The van der Waals surface area contributed by atoms with E-state index >= 15 is 0 Å². The molecule has 2 amide bonds. The lowest BCUT2D eigenvalue weighted by Gasteiger charge is -2.34. The third kappa shape index (κ3) is 4.74. The van der Waals surface area contributed by atoms with E-state index in [2.05, 4.69) is 20.4 Å². The maximum atomic E-state index is 12.8. The molecule has 1 aliphatic rings. The first-order valence-corrected chi connectivity index (χ1v) is 10.7. The van der Waals surface area contributed by atoms with Gasteiger partial charge in [-0.15, -0.1) is 11.3 Å². The highest BCUT2D eigenvalue weighted by molar-refractivity contribution is 7.09. The summed E-state index contributed by atoms with van der Waals surface area (Å²) in [5.74, 6) is 0.0325. The van der Waals surface area contributed by atoms with Gasteiger partial charge in [-0.05, 0) is 12.5 Å². The van der Waals surface area contributed by atoms with Crippen LogP contribution in [0.3, 0.4) is 0 Å². The van der Waals surface area contributed by atoms with Gasteiger partial charge in [0.2, 0.25) is 11.7 Å². The Morgan fingerprint density at radius 2 is 1.97 bits per heavy atom. The van der Waals surface area contributed by atoms with Crippen LogP contribution in [0.25, 0.3) is 0 Å². The maximum Gasteiger partial charge on any atom is 0.292 e. The summed E-state index contributed by atoms with van der Waals surface area (Å²) in [5, 5.41) is 9.64. The lowest BCUT2D eigenvalue weighted by atomic mass is 10.1. The van der Waals surface area contributed by atoms with Gasteiger partial charge in [0.15, 0.2) is 0 Å². The van der Waals surface area contributed by atoms with Crippen LogP contribution in [0.5, 0.6) is 0 Å². The Bertz CT molecular complexity index is 981. The Morgan fingerprint density at radius 1 is 1.20 bits per heavy atom. The van der Waals surface area contributed by atoms with Crippen molar-refractivity contribution in [3.05, 3.63) is 70.0 Å². The van der Waals surface area contributed by atoms with E-state index in [0.29, 0.717) is 31.9 Å². The summed E-state index contributed by atoms with van der Waals surface area (Å²) >= 11 is 1.52. The van der Waals surface area contributed by atoms with E-state index < -0.39 is 0 Å². The molecular formula is C21H23N5O3S. The molecular weight excluding hydrogens is 402 g/mol. The topological polar surface area (TPSA) is 91.6 Å². The summed E-state index contributed by atoms with van der Waals surface area (Å²) in [7, 11) is 0. The fourth-order valence-electron chi connectivity index (χ4n) is 3.45. The Balaban J connectivity index is 1.32. The summed E-state index contributed by atoms with van der Waals surface area (Å²) < 4.78 is 5.07. The van der Waals surface area contributed by atoms with Gasteiger partial charge in [-0.25, -0.2) is 4.98 Å². The van der Waals surface area contributed by atoms with Gasteiger partial charge in [-0.3, -0.25) is 14.5 Å². The van der Waals surface area contributed by atoms with Crippen LogP contribution < -0.4 is 5.32 Å². The highest BCUT2D eigenvalue weighted by atomic mass is 32.1. The van der Waals surface area contributed by atoms with Crippen molar-refractivity contribution in [2.24, 2.45) is 0 Å². The van der Waals surface area contributed by atoms with E-state index in [-0.39, 0.29) is 30.2 Å². The predicted molar refractivity (Wildman–Crippen MR) is 112 cm³/mol. The van der Waals surface area contributed by atoms with Crippen molar-refractivity contribution >= 4 is 23.2 Å². The Hall–Kier alpha value is -3.04. The number of benzene rings is 1. The van der Waals surface area contributed by atoms with Crippen molar-refractivity contribution < 1.29 is 14.1 Å². The van der Waals surface area contributed by atoms with Crippen molar-refractivity contribution in [3.8, 4) is 0 Å². The minimum atomic E-state index is -0.267.